The van der Waals surface area contributed by atoms with E-state index >= 15 is 0 Å². The molecule has 21 heavy (non-hydrogen) atoms. The third kappa shape index (κ3) is 3.67. The lowest BCUT2D eigenvalue weighted by atomic mass is 9.79. The monoisotopic (exact) mass is 312 g/mol. The van der Waals surface area contributed by atoms with Gasteiger partial charge < -0.3 is 20.5 Å². The summed E-state index contributed by atoms with van der Waals surface area (Å²) in [5.74, 6) is 0.458. The van der Waals surface area contributed by atoms with Crippen LogP contribution in [0.5, 0.6) is 5.75 Å². The number of ether oxygens (including phenoxy) is 2. The average molecular weight is 313 g/mol. The molecule has 0 spiro atoms. The molecule has 1 heterocycles. The molecule has 1 aromatic rings. The van der Waals surface area contributed by atoms with Gasteiger partial charge in [-0.15, -0.1) is 0 Å². The topological polar surface area (TPSA) is 73.6 Å². The van der Waals surface area contributed by atoms with E-state index in [0.717, 1.165) is 11.3 Å². The Morgan fingerprint density at radius 3 is 2.81 bits per heavy atom. The Morgan fingerprint density at radius 1 is 1.48 bits per heavy atom. The Morgan fingerprint density at radius 2 is 2.19 bits per heavy atom. The van der Waals surface area contributed by atoms with Gasteiger partial charge in [0.15, 0.2) is 0 Å². The predicted molar refractivity (Wildman–Crippen MR) is 81.4 cm³/mol. The smallest absolute Gasteiger partial charge is 0.225 e. The third-order valence-electron chi connectivity index (χ3n) is 4.03. The summed E-state index contributed by atoms with van der Waals surface area (Å²) in [5.41, 5.74) is 5.93. The van der Waals surface area contributed by atoms with Gasteiger partial charge in [-0.25, -0.2) is 0 Å². The molecule has 0 atom stereocenters. The maximum absolute atomic E-state index is 11.8. The van der Waals surface area contributed by atoms with Crippen molar-refractivity contribution in [1.29, 1.82) is 0 Å². The van der Waals surface area contributed by atoms with Crippen LogP contribution in [0.25, 0.3) is 0 Å². The summed E-state index contributed by atoms with van der Waals surface area (Å²) < 4.78 is 10.6. The standard InChI is InChI=1S/C15H21ClN2O3/c1-20-13-4-2-3-12(16)11(13)9-18-10-15(14(17)19)5-7-21-8-6-15/h2-4,18H,5-10H2,1H3,(H2,17,19). The summed E-state index contributed by atoms with van der Waals surface area (Å²) in [5, 5.41) is 3.93. The van der Waals surface area contributed by atoms with Gasteiger partial charge in [0.1, 0.15) is 5.75 Å². The highest BCUT2D eigenvalue weighted by molar-refractivity contribution is 6.31. The van der Waals surface area contributed by atoms with E-state index in [9.17, 15) is 4.79 Å². The molecule has 2 rings (SSSR count). The number of nitrogens with one attached hydrogen (secondary N) is 1. The van der Waals surface area contributed by atoms with Gasteiger partial charge >= 0.3 is 0 Å². The molecule has 1 fully saturated rings. The van der Waals surface area contributed by atoms with Crippen molar-refractivity contribution in [2.45, 2.75) is 19.4 Å². The van der Waals surface area contributed by atoms with Gasteiger partial charge in [-0.3, -0.25) is 4.79 Å². The number of methoxy groups -OCH3 is 1. The van der Waals surface area contributed by atoms with Crippen molar-refractivity contribution < 1.29 is 14.3 Å². The fraction of sp³-hybridized carbons (Fsp3) is 0.533. The second-order valence-corrected chi connectivity index (χ2v) is 5.69. The van der Waals surface area contributed by atoms with Crippen molar-refractivity contribution in [3.05, 3.63) is 28.8 Å². The number of benzene rings is 1. The highest BCUT2D eigenvalue weighted by atomic mass is 35.5. The van der Waals surface area contributed by atoms with Crippen LogP contribution < -0.4 is 15.8 Å². The van der Waals surface area contributed by atoms with Crippen LogP contribution in [0.2, 0.25) is 5.02 Å². The molecule has 116 valence electrons. The third-order valence-corrected chi connectivity index (χ3v) is 4.39. The van der Waals surface area contributed by atoms with Gasteiger partial charge in [-0.2, -0.15) is 0 Å². The summed E-state index contributed by atoms with van der Waals surface area (Å²) in [6.45, 7) is 2.18. The maximum atomic E-state index is 11.8. The van der Waals surface area contributed by atoms with E-state index in [1.165, 1.54) is 0 Å². The van der Waals surface area contributed by atoms with Crippen LogP contribution in [0.4, 0.5) is 0 Å². The van der Waals surface area contributed by atoms with E-state index in [-0.39, 0.29) is 5.91 Å². The molecule has 0 radical (unpaired) electrons. The Labute approximate surface area is 129 Å². The van der Waals surface area contributed by atoms with Crippen LogP contribution in [0.3, 0.4) is 0 Å². The number of hydrogen-bond acceptors (Lipinski definition) is 4. The van der Waals surface area contributed by atoms with Gasteiger partial charge in [-0.1, -0.05) is 17.7 Å². The maximum Gasteiger partial charge on any atom is 0.225 e. The van der Waals surface area contributed by atoms with Crippen molar-refractivity contribution in [2.75, 3.05) is 26.9 Å². The first kappa shape index (κ1) is 16.1. The molecule has 6 heteroatoms. The zero-order chi connectivity index (χ0) is 15.3. The van der Waals surface area contributed by atoms with Crippen molar-refractivity contribution in [3.8, 4) is 5.75 Å². The zero-order valence-corrected chi connectivity index (χ0v) is 12.9. The lowest BCUT2D eigenvalue weighted by molar-refractivity contribution is -0.132. The van der Waals surface area contributed by atoms with E-state index in [1.54, 1.807) is 7.11 Å². The van der Waals surface area contributed by atoms with Crippen LogP contribution >= 0.6 is 11.6 Å². The minimum absolute atomic E-state index is 0.274. The van der Waals surface area contributed by atoms with Gasteiger partial charge in [0, 0.05) is 36.9 Å². The number of halogens is 1. The molecule has 1 aliphatic rings. The van der Waals surface area contributed by atoms with E-state index in [0.29, 0.717) is 44.2 Å². The quantitative estimate of drug-likeness (QED) is 0.839. The summed E-state index contributed by atoms with van der Waals surface area (Å²) >= 11 is 6.20. The minimum atomic E-state index is -0.535. The highest BCUT2D eigenvalue weighted by Crippen LogP contribution is 2.30. The lowest BCUT2D eigenvalue weighted by Gasteiger charge is -2.34. The molecule has 1 aromatic carbocycles. The molecule has 0 unspecified atom stereocenters. The number of carbonyl (C=O) groups is 1. The fourth-order valence-electron chi connectivity index (χ4n) is 2.60. The molecule has 0 bridgehead atoms. The van der Waals surface area contributed by atoms with E-state index in [2.05, 4.69) is 5.32 Å². The molecule has 1 amide bonds. The SMILES string of the molecule is COc1cccc(Cl)c1CNCC1(C(N)=O)CCOCC1. The molecule has 0 aliphatic carbocycles. The lowest BCUT2D eigenvalue weighted by Crippen LogP contribution is -2.48. The Bertz CT molecular complexity index is 502. The van der Waals surface area contributed by atoms with Crippen LogP contribution in [0.1, 0.15) is 18.4 Å². The summed E-state index contributed by atoms with van der Waals surface area (Å²) in [4.78, 5) is 11.8. The van der Waals surface area contributed by atoms with Crippen LogP contribution in [-0.4, -0.2) is 32.8 Å². The van der Waals surface area contributed by atoms with E-state index in [1.807, 2.05) is 18.2 Å². The van der Waals surface area contributed by atoms with Crippen molar-refractivity contribution in [2.24, 2.45) is 11.1 Å². The molecule has 1 saturated heterocycles. The average Bonchev–Trinajstić information content (AvgIpc) is 2.49. The van der Waals surface area contributed by atoms with Gasteiger partial charge in [0.2, 0.25) is 5.91 Å². The summed E-state index contributed by atoms with van der Waals surface area (Å²) in [6.07, 6.45) is 1.30. The Hall–Kier alpha value is -1.30. The van der Waals surface area contributed by atoms with E-state index < -0.39 is 5.41 Å². The van der Waals surface area contributed by atoms with Crippen molar-refractivity contribution in [3.63, 3.8) is 0 Å². The Kier molecular flexibility index (Phi) is 5.45. The molecule has 0 aromatic heterocycles. The molecular formula is C15H21ClN2O3. The first-order chi connectivity index (χ1) is 10.1. The van der Waals surface area contributed by atoms with Crippen molar-refractivity contribution in [1.82, 2.24) is 5.32 Å². The second-order valence-electron chi connectivity index (χ2n) is 5.28. The minimum Gasteiger partial charge on any atom is -0.496 e. The zero-order valence-electron chi connectivity index (χ0n) is 12.2. The largest absolute Gasteiger partial charge is 0.496 e. The Balaban J connectivity index is 2.01. The first-order valence-corrected chi connectivity index (χ1v) is 7.36. The van der Waals surface area contributed by atoms with Gasteiger partial charge in [-0.05, 0) is 25.0 Å². The number of hydrogen-bond donors (Lipinski definition) is 2. The van der Waals surface area contributed by atoms with Crippen LogP contribution in [0.15, 0.2) is 18.2 Å². The molecule has 5 nitrogen and oxygen atoms in total. The van der Waals surface area contributed by atoms with Gasteiger partial charge in [0.25, 0.3) is 0 Å². The van der Waals surface area contributed by atoms with Crippen molar-refractivity contribution >= 4 is 17.5 Å². The number of amides is 1. The highest BCUT2D eigenvalue weighted by Gasteiger charge is 2.38. The normalized spacial score (nSPS) is 17.4. The van der Waals surface area contributed by atoms with Crippen LogP contribution in [0, 0.1) is 5.41 Å². The number of primary amides is 1. The van der Waals surface area contributed by atoms with Gasteiger partial charge in [0.05, 0.1) is 12.5 Å². The summed E-state index contributed by atoms with van der Waals surface area (Å²) in [7, 11) is 1.61. The van der Waals surface area contributed by atoms with E-state index in [4.69, 9.17) is 26.8 Å². The number of rotatable bonds is 6. The number of carbonyl (C=O) groups excluding carboxylic acids is 1. The second kappa shape index (κ2) is 7.11. The molecule has 3 N–H and O–H groups in total. The summed E-state index contributed by atoms with van der Waals surface area (Å²) in [6, 6.07) is 5.52. The number of nitrogens with two attached hydrogens (primary N) is 1. The van der Waals surface area contributed by atoms with Crippen LogP contribution in [-0.2, 0) is 16.1 Å². The predicted octanol–water partition coefficient (Wildman–Crippen LogP) is 1.72. The fourth-order valence-corrected chi connectivity index (χ4v) is 2.83. The molecule has 1 aliphatic heterocycles. The first-order valence-electron chi connectivity index (χ1n) is 6.99. The molecular weight excluding hydrogens is 292 g/mol. The molecule has 0 saturated carbocycles.